The molecular weight excluding hydrogens is 326 g/mol. The van der Waals surface area contributed by atoms with Gasteiger partial charge in [0, 0.05) is 12.1 Å². The van der Waals surface area contributed by atoms with E-state index in [1.807, 2.05) is 30.3 Å². The maximum Gasteiger partial charge on any atom is 0.341 e. The Kier molecular flexibility index (Phi) is 6.73. The van der Waals surface area contributed by atoms with Gasteiger partial charge in [-0.15, -0.1) is 0 Å². The Morgan fingerprint density at radius 3 is 2.62 bits per heavy atom. The van der Waals surface area contributed by atoms with E-state index in [1.54, 1.807) is 24.3 Å². The van der Waals surface area contributed by atoms with Crippen molar-refractivity contribution in [3.63, 3.8) is 0 Å². The molecule has 0 saturated heterocycles. The molecule has 0 amide bonds. The Hall–Kier alpha value is -2.93. The number of nitrogens with zero attached hydrogens (tertiary/aromatic N) is 1. The van der Waals surface area contributed by atoms with Gasteiger partial charge in [-0.1, -0.05) is 42.5 Å². The molecule has 124 valence electrons. The van der Waals surface area contributed by atoms with Crippen LogP contribution in [0, 0.1) is 0 Å². The van der Waals surface area contributed by atoms with Crippen LogP contribution in [0.5, 0.6) is 5.75 Å². The summed E-state index contributed by atoms with van der Waals surface area (Å²) in [4.78, 5) is 10.6. The molecule has 0 aromatic heterocycles. The lowest BCUT2D eigenvalue weighted by molar-refractivity contribution is -0.139. The number of hydrazone groups is 1. The van der Waals surface area contributed by atoms with Gasteiger partial charge in [-0.25, -0.2) is 4.79 Å². The second kappa shape index (κ2) is 9.26. The summed E-state index contributed by atoms with van der Waals surface area (Å²) in [5.74, 6) is -0.597. The Balaban J connectivity index is 1.85. The first kappa shape index (κ1) is 17.4. The maximum atomic E-state index is 10.6. The molecule has 0 aliphatic heterocycles. The normalized spacial score (nSPS) is 10.3. The van der Waals surface area contributed by atoms with Crippen molar-refractivity contribution in [2.45, 2.75) is 6.54 Å². The molecule has 24 heavy (non-hydrogen) atoms. The standard InChI is InChI=1S/C17H17N3O3S/c21-16(22)12-23-15-9-5-4-8-14(15)11-19-20-17(24)18-10-13-6-2-1-3-7-13/h1-9,11H,10,12H2,(H,21,22)(H2,18,20,24)/b19-11+. The van der Waals surface area contributed by atoms with Gasteiger partial charge in [0.05, 0.1) is 6.21 Å². The van der Waals surface area contributed by atoms with Gasteiger partial charge in [0.1, 0.15) is 5.75 Å². The highest BCUT2D eigenvalue weighted by molar-refractivity contribution is 7.80. The van der Waals surface area contributed by atoms with E-state index in [0.717, 1.165) is 5.56 Å². The molecular formula is C17H17N3O3S. The Morgan fingerprint density at radius 1 is 1.17 bits per heavy atom. The van der Waals surface area contributed by atoms with Crippen molar-refractivity contribution in [2.24, 2.45) is 5.10 Å². The number of benzene rings is 2. The lowest BCUT2D eigenvalue weighted by Crippen LogP contribution is -2.31. The van der Waals surface area contributed by atoms with Crippen molar-refractivity contribution >= 4 is 29.5 Å². The molecule has 0 radical (unpaired) electrons. The average Bonchev–Trinajstić information content (AvgIpc) is 2.60. The van der Waals surface area contributed by atoms with Gasteiger partial charge >= 0.3 is 5.97 Å². The van der Waals surface area contributed by atoms with Crippen molar-refractivity contribution in [3.05, 3.63) is 65.7 Å². The zero-order chi connectivity index (χ0) is 17.2. The van der Waals surface area contributed by atoms with Crippen LogP contribution in [0.1, 0.15) is 11.1 Å². The molecule has 0 spiro atoms. The summed E-state index contributed by atoms with van der Waals surface area (Å²) < 4.78 is 5.19. The average molecular weight is 343 g/mol. The van der Waals surface area contributed by atoms with Gasteiger partial charge in [0.2, 0.25) is 0 Å². The quantitative estimate of drug-likeness (QED) is 0.406. The van der Waals surface area contributed by atoms with E-state index in [9.17, 15) is 4.79 Å². The molecule has 0 atom stereocenters. The van der Waals surface area contributed by atoms with Crippen molar-refractivity contribution < 1.29 is 14.6 Å². The van der Waals surface area contributed by atoms with Crippen molar-refractivity contribution in [1.82, 2.24) is 10.7 Å². The minimum atomic E-state index is -1.04. The molecule has 0 unspecified atom stereocenters. The second-order valence-electron chi connectivity index (χ2n) is 4.76. The fraction of sp³-hybridized carbons (Fsp3) is 0.118. The van der Waals surface area contributed by atoms with E-state index in [2.05, 4.69) is 15.8 Å². The van der Waals surface area contributed by atoms with Crippen molar-refractivity contribution in [1.29, 1.82) is 0 Å². The first-order chi connectivity index (χ1) is 11.6. The highest BCUT2D eigenvalue weighted by atomic mass is 32.1. The van der Waals surface area contributed by atoms with Crippen molar-refractivity contribution in [3.8, 4) is 5.75 Å². The van der Waals surface area contributed by atoms with Crippen LogP contribution in [0.4, 0.5) is 0 Å². The Bertz CT molecular complexity index is 720. The van der Waals surface area contributed by atoms with Gasteiger partial charge in [-0.3, -0.25) is 5.43 Å². The van der Waals surface area contributed by atoms with Gasteiger partial charge in [-0.2, -0.15) is 5.10 Å². The van der Waals surface area contributed by atoms with E-state index < -0.39 is 12.6 Å². The third kappa shape index (κ3) is 6.05. The van der Waals surface area contributed by atoms with Gasteiger partial charge in [-0.05, 0) is 29.9 Å². The van der Waals surface area contributed by atoms with Crippen LogP contribution in [0.15, 0.2) is 59.7 Å². The van der Waals surface area contributed by atoms with E-state index in [0.29, 0.717) is 23.0 Å². The number of thiocarbonyl (C=S) groups is 1. The molecule has 2 rings (SSSR count). The molecule has 2 aromatic carbocycles. The number of carboxylic acids is 1. The number of hydrogen-bond donors (Lipinski definition) is 3. The van der Waals surface area contributed by atoms with E-state index in [1.165, 1.54) is 6.21 Å². The topological polar surface area (TPSA) is 83.0 Å². The minimum Gasteiger partial charge on any atom is -0.481 e. The van der Waals surface area contributed by atoms with Crippen LogP contribution in [-0.4, -0.2) is 29.0 Å². The first-order valence-electron chi connectivity index (χ1n) is 7.19. The summed E-state index contributed by atoms with van der Waals surface area (Å²) in [5, 5.41) is 16.1. The molecule has 6 nitrogen and oxygen atoms in total. The van der Waals surface area contributed by atoms with Crippen LogP contribution in [0.25, 0.3) is 0 Å². The number of hydrogen-bond acceptors (Lipinski definition) is 4. The largest absolute Gasteiger partial charge is 0.481 e. The molecule has 3 N–H and O–H groups in total. The number of nitrogens with one attached hydrogen (secondary N) is 2. The van der Waals surface area contributed by atoms with Crippen molar-refractivity contribution in [2.75, 3.05) is 6.61 Å². The van der Waals surface area contributed by atoms with E-state index >= 15 is 0 Å². The Morgan fingerprint density at radius 2 is 1.88 bits per heavy atom. The summed E-state index contributed by atoms with van der Waals surface area (Å²) in [7, 11) is 0. The van der Waals surface area contributed by atoms with Gasteiger partial charge in [0.15, 0.2) is 11.7 Å². The van der Waals surface area contributed by atoms with E-state index in [-0.39, 0.29) is 0 Å². The summed E-state index contributed by atoms with van der Waals surface area (Å²) in [6.07, 6.45) is 1.52. The lowest BCUT2D eigenvalue weighted by atomic mass is 10.2. The Labute approximate surface area is 145 Å². The molecule has 0 aliphatic carbocycles. The number of aliphatic carboxylic acids is 1. The number of carboxylic acid groups (broad SMARTS) is 1. The summed E-state index contributed by atoms with van der Waals surface area (Å²) in [6.45, 7) is 0.190. The molecule has 0 heterocycles. The monoisotopic (exact) mass is 343 g/mol. The fourth-order valence-corrected chi connectivity index (χ4v) is 1.96. The highest BCUT2D eigenvalue weighted by Gasteiger charge is 2.03. The zero-order valence-electron chi connectivity index (χ0n) is 12.8. The third-order valence-electron chi connectivity index (χ3n) is 2.94. The molecule has 0 saturated carbocycles. The van der Waals surface area contributed by atoms with Crippen LogP contribution in [0.3, 0.4) is 0 Å². The number of para-hydroxylation sites is 1. The second-order valence-corrected chi connectivity index (χ2v) is 5.17. The van der Waals surface area contributed by atoms with Gasteiger partial charge in [0.25, 0.3) is 0 Å². The zero-order valence-corrected chi connectivity index (χ0v) is 13.6. The molecule has 0 aliphatic rings. The minimum absolute atomic E-state index is 0.388. The van der Waals surface area contributed by atoms with Gasteiger partial charge < -0.3 is 15.2 Å². The molecule has 0 bridgehead atoms. The summed E-state index contributed by atoms with van der Waals surface area (Å²) >= 11 is 5.14. The van der Waals surface area contributed by atoms with Crippen LogP contribution >= 0.6 is 12.2 Å². The predicted octanol–water partition coefficient (Wildman–Crippen LogP) is 2.15. The smallest absolute Gasteiger partial charge is 0.341 e. The molecule has 2 aromatic rings. The maximum absolute atomic E-state index is 10.6. The van der Waals surface area contributed by atoms with Crippen LogP contribution in [0.2, 0.25) is 0 Å². The van der Waals surface area contributed by atoms with E-state index in [4.69, 9.17) is 22.1 Å². The summed E-state index contributed by atoms with van der Waals surface area (Å²) in [6, 6.07) is 16.9. The third-order valence-corrected chi connectivity index (χ3v) is 3.17. The SMILES string of the molecule is O=C(O)COc1ccccc1/C=N/NC(=S)NCc1ccccc1. The molecule has 7 heteroatoms. The van der Waals surface area contributed by atoms with Crippen LogP contribution < -0.4 is 15.5 Å². The number of carbonyl (C=O) groups is 1. The van der Waals surface area contributed by atoms with Crippen LogP contribution in [-0.2, 0) is 11.3 Å². The highest BCUT2D eigenvalue weighted by Crippen LogP contribution is 2.15. The fourth-order valence-electron chi connectivity index (χ4n) is 1.84. The summed E-state index contributed by atoms with van der Waals surface area (Å²) in [5.41, 5.74) is 4.47. The number of rotatable bonds is 7. The predicted molar refractivity (Wildman–Crippen MR) is 96.2 cm³/mol. The number of ether oxygens (including phenoxy) is 1. The molecule has 0 fully saturated rings. The lowest BCUT2D eigenvalue weighted by Gasteiger charge is -2.08. The first-order valence-corrected chi connectivity index (χ1v) is 7.60.